The molecule has 92 valence electrons. The second-order valence-corrected chi connectivity index (χ2v) is 3.77. The van der Waals surface area contributed by atoms with E-state index >= 15 is 0 Å². The Morgan fingerprint density at radius 2 is 2.11 bits per heavy atom. The van der Waals surface area contributed by atoms with E-state index in [0.717, 1.165) is 5.56 Å². The van der Waals surface area contributed by atoms with E-state index in [-0.39, 0.29) is 11.6 Å². The van der Waals surface area contributed by atoms with Crippen LogP contribution in [-0.2, 0) is 11.3 Å². The van der Waals surface area contributed by atoms with Gasteiger partial charge in [0.05, 0.1) is 6.54 Å². The number of anilines is 1. The molecule has 0 saturated heterocycles. The number of nitrogens with one attached hydrogen (secondary N) is 1. The molecule has 0 fully saturated rings. The zero-order chi connectivity index (χ0) is 13.0. The summed E-state index contributed by atoms with van der Waals surface area (Å²) in [6.07, 6.45) is 0.569. The molecule has 2 aromatic rings. The summed E-state index contributed by atoms with van der Waals surface area (Å²) in [5, 5.41) is 10.1. The van der Waals surface area contributed by atoms with E-state index in [0.29, 0.717) is 18.6 Å². The lowest BCUT2D eigenvalue weighted by molar-refractivity contribution is -0.114. The SMILES string of the molecule is CC(=O)Nc1c(C=O)nnn1Cc1ccccc1. The molecule has 0 aliphatic rings. The summed E-state index contributed by atoms with van der Waals surface area (Å²) >= 11 is 0. The first-order valence-corrected chi connectivity index (χ1v) is 5.41. The Balaban J connectivity index is 2.30. The molecule has 0 radical (unpaired) electrons. The maximum absolute atomic E-state index is 11.1. The van der Waals surface area contributed by atoms with Gasteiger partial charge in [0.15, 0.2) is 17.8 Å². The van der Waals surface area contributed by atoms with Crippen LogP contribution < -0.4 is 5.32 Å². The van der Waals surface area contributed by atoms with Crippen molar-refractivity contribution in [2.75, 3.05) is 5.32 Å². The summed E-state index contributed by atoms with van der Waals surface area (Å²) in [5.74, 6) is 0.0519. The summed E-state index contributed by atoms with van der Waals surface area (Å²) in [6, 6.07) is 9.59. The number of carbonyl (C=O) groups is 2. The number of rotatable bonds is 4. The van der Waals surface area contributed by atoms with Crippen molar-refractivity contribution in [3.05, 3.63) is 41.6 Å². The lowest BCUT2D eigenvalue weighted by atomic mass is 10.2. The van der Waals surface area contributed by atoms with Crippen LogP contribution in [0.1, 0.15) is 23.0 Å². The van der Waals surface area contributed by atoms with Crippen molar-refractivity contribution in [1.29, 1.82) is 0 Å². The van der Waals surface area contributed by atoms with Gasteiger partial charge in [-0.1, -0.05) is 35.5 Å². The van der Waals surface area contributed by atoms with Gasteiger partial charge in [-0.2, -0.15) is 0 Å². The zero-order valence-electron chi connectivity index (χ0n) is 9.83. The number of aldehydes is 1. The van der Waals surface area contributed by atoms with E-state index in [1.165, 1.54) is 11.6 Å². The van der Waals surface area contributed by atoms with Crippen LogP contribution in [0.3, 0.4) is 0 Å². The average molecular weight is 244 g/mol. The minimum absolute atomic E-state index is 0.126. The maximum atomic E-state index is 11.1. The average Bonchev–Trinajstić information content (AvgIpc) is 2.72. The molecule has 6 nitrogen and oxygen atoms in total. The maximum Gasteiger partial charge on any atom is 0.222 e. The van der Waals surface area contributed by atoms with Gasteiger partial charge in [-0.15, -0.1) is 5.10 Å². The fourth-order valence-corrected chi connectivity index (χ4v) is 1.57. The second kappa shape index (κ2) is 5.22. The topological polar surface area (TPSA) is 76.9 Å². The van der Waals surface area contributed by atoms with Gasteiger partial charge < -0.3 is 5.32 Å². The van der Waals surface area contributed by atoms with Gasteiger partial charge in [0.2, 0.25) is 5.91 Å². The highest BCUT2D eigenvalue weighted by Gasteiger charge is 2.13. The van der Waals surface area contributed by atoms with Crippen molar-refractivity contribution in [3.63, 3.8) is 0 Å². The van der Waals surface area contributed by atoms with E-state index in [2.05, 4.69) is 15.6 Å². The molecule has 1 N–H and O–H groups in total. The summed E-state index contributed by atoms with van der Waals surface area (Å²) in [4.78, 5) is 21.9. The third-order valence-electron chi connectivity index (χ3n) is 2.34. The Kier molecular flexibility index (Phi) is 3.47. The number of hydrogen-bond acceptors (Lipinski definition) is 4. The first-order valence-electron chi connectivity index (χ1n) is 5.41. The first-order chi connectivity index (χ1) is 8.70. The van der Waals surface area contributed by atoms with Gasteiger partial charge in [0.25, 0.3) is 0 Å². The predicted molar refractivity (Wildman–Crippen MR) is 65.3 cm³/mol. The van der Waals surface area contributed by atoms with Crippen LogP contribution in [0.25, 0.3) is 0 Å². The molecule has 2 rings (SSSR count). The van der Waals surface area contributed by atoms with Crippen LogP contribution in [-0.4, -0.2) is 27.2 Å². The van der Waals surface area contributed by atoms with Crippen LogP contribution >= 0.6 is 0 Å². The fraction of sp³-hybridized carbons (Fsp3) is 0.167. The molecule has 0 aliphatic heterocycles. The number of nitrogens with zero attached hydrogens (tertiary/aromatic N) is 3. The van der Waals surface area contributed by atoms with Crippen molar-refractivity contribution >= 4 is 18.0 Å². The second-order valence-electron chi connectivity index (χ2n) is 3.77. The highest BCUT2D eigenvalue weighted by atomic mass is 16.1. The highest BCUT2D eigenvalue weighted by Crippen LogP contribution is 2.12. The van der Waals surface area contributed by atoms with Crippen molar-refractivity contribution in [3.8, 4) is 0 Å². The smallest absolute Gasteiger partial charge is 0.222 e. The largest absolute Gasteiger partial charge is 0.309 e. The standard InChI is InChI=1S/C12H12N4O2/c1-9(18)13-12-11(8-17)14-15-16(12)7-10-5-3-2-4-6-10/h2-6,8H,7H2,1H3,(H,13,18). The van der Waals surface area contributed by atoms with Crippen molar-refractivity contribution in [2.24, 2.45) is 0 Å². The van der Waals surface area contributed by atoms with E-state index in [4.69, 9.17) is 0 Å². The highest BCUT2D eigenvalue weighted by molar-refractivity contribution is 5.92. The number of amides is 1. The van der Waals surface area contributed by atoms with Gasteiger partial charge in [-0.05, 0) is 5.56 Å². The van der Waals surface area contributed by atoms with Crippen LogP contribution in [0.5, 0.6) is 0 Å². The third kappa shape index (κ3) is 2.60. The molecule has 1 aromatic heterocycles. The van der Waals surface area contributed by atoms with Gasteiger partial charge in [0, 0.05) is 6.92 Å². The Labute approximate surface area is 104 Å². The number of hydrogen-bond donors (Lipinski definition) is 1. The van der Waals surface area contributed by atoms with Crippen molar-refractivity contribution < 1.29 is 9.59 Å². The summed E-state index contributed by atoms with van der Waals surface area (Å²) in [6.45, 7) is 1.81. The Hall–Kier alpha value is -2.50. The normalized spacial score (nSPS) is 10.1. The van der Waals surface area contributed by atoms with Crippen LogP contribution in [0.2, 0.25) is 0 Å². The van der Waals surface area contributed by atoms with E-state index in [1.807, 2.05) is 30.3 Å². The Morgan fingerprint density at radius 3 is 2.72 bits per heavy atom. The van der Waals surface area contributed by atoms with Crippen molar-refractivity contribution in [1.82, 2.24) is 15.0 Å². The van der Waals surface area contributed by atoms with Gasteiger partial charge in [-0.3, -0.25) is 9.59 Å². The molecule has 0 aliphatic carbocycles. The molecule has 0 unspecified atom stereocenters. The Bertz CT molecular complexity index is 563. The molecule has 6 heteroatoms. The predicted octanol–water partition coefficient (Wildman–Crippen LogP) is 1.10. The molecule has 1 amide bonds. The molecule has 0 bridgehead atoms. The number of aromatic nitrogens is 3. The van der Waals surface area contributed by atoms with Crippen LogP contribution in [0, 0.1) is 0 Å². The molecule has 1 heterocycles. The minimum Gasteiger partial charge on any atom is -0.309 e. The van der Waals surface area contributed by atoms with Gasteiger partial charge in [-0.25, -0.2) is 4.68 Å². The molecule has 1 aromatic carbocycles. The molecule has 0 atom stereocenters. The van der Waals surface area contributed by atoms with Crippen LogP contribution in [0.15, 0.2) is 30.3 Å². The minimum atomic E-state index is -0.269. The van der Waals surface area contributed by atoms with E-state index in [9.17, 15) is 9.59 Å². The monoisotopic (exact) mass is 244 g/mol. The fourth-order valence-electron chi connectivity index (χ4n) is 1.57. The van der Waals surface area contributed by atoms with Crippen LogP contribution in [0.4, 0.5) is 5.82 Å². The molecule has 0 saturated carbocycles. The molecular weight excluding hydrogens is 232 g/mol. The summed E-state index contributed by atoms with van der Waals surface area (Å²) < 4.78 is 1.49. The van der Waals surface area contributed by atoms with Gasteiger partial charge >= 0.3 is 0 Å². The summed E-state index contributed by atoms with van der Waals surface area (Å²) in [7, 11) is 0. The first kappa shape index (κ1) is 12.0. The lowest BCUT2D eigenvalue weighted by Gasteiger charge is -2.06. The zero-order valence-corrected chi connectivity index (χ0v) is 9.83. The quantitative estimate of drug-likeness (QED) is 0.817. The molecule has 0 spiro atoms. The molecular formula is C12H12N4O2. The Morgan fingerprint density at radius 1 is 1.39 bits per heavy atom. The third-order valence-corrected chi connectivity index (χ3v) is 2.34. The van der Waals surface area contributed by atoms with Gasteiger partial charge in [0.1, 0.15) is 0 Å². The summed E-state index contributed by atoms with van der Waals surface area (Å²) in [5.41, 5.74) is 1.13. The van der Waals surface area contributed by atoms with Crippen molar-refractivity contribution in [2.45, 2.75) is 13.5 Å². The van der Waals surface area contributed by atoms with E-state index in [1.54, 1.807) is 0 Å². The number of carbonyl (C=O) groups excluding carboxylic acids is 2. The molecule has 18 heavy (non-hydrogen) atoms. The lowest BCUT2D eigenvalue weighted by Crippen LogP contribution is -2.14. The van der Waals surface area contributed by atoms with E-state index < -0.39 is 0 Å². The number of benzene rings is 1.